The van der Waals surface area contributed by atoms with E-state index in [1.54, 1.807) is 18.3 Å². The Morgan fingerprint density at radius 3 is 2.54 bits per heavy atom. The smallest absolute Gasteiger partial charge is 0.275 e. The molecule has 0 bridgehead atoms. The number of quaternary nitrogens is 1. The summed E-state index contributed by atoms with van der Waals surface area (Å²) in [4.78, 5) is 25.4. The highest BCUT2D eigenvalue weighted by molar-refractivity contribution is 7.10. The van der Waals surface area contributed by atoms with Crippen LogP contribution in [0.5, 0.6) is 0 Å². The molecule has 2 rings (SSSR count). The van der Waals surface area contributed by atoms with E-state index in [2.05, 4.69) is 47.9 Å². The third kappa shape index (κ3) is 5.97. The van der Waals surface area contributed by atoms with Crippen LogP contribution in [-0.4, -0.2) is 30.9 Å². The van der Waals surface area contributed by atoms with Gasteiger partial charge in [0.1, 0.15) is 12.1 Å². The number of rotatable bonds is 9. The maximum Gasteiger partial charge on any atom is 0.275 e. The summed E-state index contributed by atoms with van der Waals surface area (Å²) in [7, 11) is 0. The molecule has 140 valence electrons. The van der Waals surface area contributed by atoms with Gasteiger partial charge in [-0.15, -0.1) is 11.3 Å². The van der Waals surface area contributed by atoms with Gasteiger partial charge < -0.3 is 16.0 Å². The molecule has 26 heavy (non-hydrogen) atoms. The summed E-state index contributed by atoms with van der Waals surface area (Å²) in [6.07, 6.45) is 0.874. The molecule has 1 aromatic heterocycles. The van der Waals surface area contributed by atoms with E-state index in [-0.39, 0.29) is 24.4 Å². The molecule has 1 aromatic carbocycles. The van der Waals surface area contributed by atoms with Gasteiger partial charge in [-0.2, -0.15) is 0 Å². The average Bonchev–Trinajstić information content (AvgIpc) is 3.15. The van der Waals surface area contributed by atoms with E-state index in [1.807, 2.05) is 23.7 Å². The fourth-order valence-corrected chi connectivity index (χ4v) is 3.50. The summed E-state index contributed by atoms with van der Waals surface area (Å²) in [5.74, 6) is -0.286. The minimum Gasteiger partial charge on any atom is -0.354 e. The molecule has 0 aliphatic heterocycles. The van der Waals surface area contributed by atoms with Crippen LogP contribution in [-0.2, 0) is 9.59 Å². The van der Waals surface area contributed by atoms with Crippen molar-refractivity contribution in [2.75, 3.05) is 13.1 Å². The lowest BCUT2D eigenvalue weighted by atomic mass is 10.0. The normalized spacial score (nSPS) is 13.0. The first-order valence-electron chi connectivity index (χ1n) is 9.01. The van der Waals surface area contributed by atoms with Gasteiger partial charge in [-0.25, -0.2) is 0 Å². The van der Waals surface area contributed by atoms with E-state index in [1.165, 1.54) is 16.0 Å². The number of hydrogen-bond acceptors (Lipinski definition) is 3. The molecule has 0 radical (unpaired) electrons. The summed E-state index contributed by atoms with van der Waals surface area (Å²) in [6.45, 7) is 6.65. The number of thiophene rings is 1. The Hall–Kier alpha value is -2.18. The molecule has 5 nitrogen and oxygen atoms in total. The van der Waals surface area contributed by atoms with Crippen molar-refractivity contribution >= 4 is 23.2 Å². The highest BCUT2D eigenvalue weighted by atomic mass is 32.1. The Balaban J connectivity index is 1.95. The van der Waals surface area contributed by atoms with E-state index in [4.69, 9.17) is 0 Å². The predicted octanol–water partition coefficient (Wildman–Crippen LogP) is 1.74. The first-order chi connectivity index (χ1) is 12.5. The number of carbonyl (C=O) groups is 2. The molecule has 0 saturated heterocycles. The Labute approximate surface area is 159 Å². The molecule has 0 aliphatic rings. The number of benzene rings is 1. The molecule has 4 N–H and O–H groups in total. The minimum atomic E-state index is -0.526. The second-order valence-electron chi connectivity index (χ2n) is 6.42. The third-order valence-corrected chi connectivity index (χ3v) is 5.10. The molecule has 2 aromatic rings. The van der Waals surface area contributed by atoms with Gasteiger partial charge in [0.15, 0.2) is 6.54 Å². The van der Waals surface area contributed by atoms with Crippen LogP contribution in [0, 0.1) is 6.92 Å². The van der Waals surface area contributed by atoms with E-state index in [9.17, 15) is 9.59 Å². The lowest BCUT2D eigenvalue weighted by molar-refractivity contribution is -0.676. The Bertz CT molecular complexity index is 698. The Morgan fingerprint density at radius 2 is 1.92 bits per heavy atom. The lowest BCUT2D eigenvalue weighted by Crippen LogP contribution is -2.87. The third-order valence-electron chi connectivity index (χ3n) is 4.15. The Kier molecular flexibility index (Phi) is 7.81. The Morgan fingerprint density at radius 1 is 1.19 bits per heavy atom. The number of hydrogen-bond donors (Lipinski definition) is 3. The van der Waals surface area contributed by atoms with Gasteiger partial charge in [0, 0.05) is 12.1 Å². The molecule has 0 aliphatic carbocycles. The molecular weight excluding hydrogens is 346 g/mol. The molecule has 0 unspecified atom stereocenters. The number of nitrogens with one attached hydrogen (secondary N) is 2. The molecule has 6 heteroatoms. The van der Waals surface area contributed by atoms with Crippen LogP contribution in [0.3, 0.4) is 0 Å². The molecule has 0 spiro atoms. The maximum atomic E-state index is 12.3. The van der Waals surface area contributed by atoms with Crippen molar-refractivity contribution in [2.45, 2.75) is 39.3 Å². The minimum absolute atomic E-state index is 0.0746. The van der Waals surface area contributed by atoms with Crippen molar-refractivity contribution in [2.24, 2.45) is 0 Å². The first kappa shape index (κ1) is 20.1. The van der Waals surface area contributed by atoms with Crippen molar-refractivity contribution in [1.82, 2.24) is 10.6 Å². The van der Waals surface area contributed by atoms with E-state index in [0.717, 1.165) is 6.42 Å². The van der Waals surface area contributed by atoms with Crippen LogP contribution in [0.25, 0.3) is 0 Å². The second-order valence-corrected chi connectivity index (χ2v) is 7.40. The zero-order valence-corrected chi connectivity index (χ0v) is 16.4. The van der Waals surface area contributed by atoms with E-state index >= 15 is 0 Å². The van der Waals surface area contributed by atoms with Crippen molar-refractivity contribution in [3.05, 3.63) is 57.8 Å². The highest BCUT2D eigenvalue weighted by Crippen LogP contribution is 2.22. The quantitative estimate of drug-likeness (QED) is 0.625. The standard InChI is InChI=1S/C20H27N3O2S/c1-4-11-21-20(25)15(3)23-18(24)13-22-19(17-6-5-12-26-17)16-9-7-14(2)8-10-16/h5-10,12,15,19,22H,4,11,13H2,1-3H3,(H,21,25)(H,23,24)/p+1/t15-,19+/m1/s1. The monoisotopic (exact) mass is 374 g/mol. The summed E-state index contributed by atoms with van der Waals surface area (Å²) < 4.78 is 0. The van der Waals surface area contributed by atoms with E-state index < -0.39 is 6.04 Å². The zero-order valence-electron chi connectivity index (χ0n) is 15.6. The van der Waals surface area contributed by atoms with Crippen molar-refractivity contribution in [3.63, 3.8) is 0 Å². The van der Waals surface area contributed by atoms with Gasteiger partial charge in [-0.05, 0) is 31.7 Å². The molecule has 0 saturated carbocycles. The van der Waals surface area contributed by atoms with Crippen molar-refractivity contribution in [1.29, 1.82) is 0 Å². The van der Waals surface area contributed by atoms with Gasteiger partial charge in [0.25, 0.3) is 5.91 Å². The fraction of sp³-hybridized carbons (Fsp3) is 0.400. The maximum absolute atomic E-state index is 12.3. The summed E-state index contributed by atoms with van der Waals surface area (Å²) in [5, 5.41) is 9.63. The largest absolute Gasteiger partial charge is 0.354 e. The van der Waals surface area contributed by atoms with Gasteiger partial charge in [0.2, 0.25) is 5.91 Å². The van der Waals surface area contributed by atoms with E-state index in [0.29, 0.717) is 6.54 Å². The van der Waals surface area contributed by atoms with Gasteiger partial charge >= 0.3 is 0 Å². The molecule has 0 fully saturated rings. The molecular formula is C20H28N3O2S+. The lowest BCUT2D eigenvalue weighted by Gasteiger charge is -2.17. The number of carbonyl (C=O) groups excluding carboxylic acids is 2. The number of aryl methyl sites for hydroxylation is 1. The predicted molar refractivity (Wildman–Crippen MR) is 105 cm³/mol. The molecule has 2 amide bonds. The van der Waals surface area contributed by atoms with Crippen LogP contribution in [0.4, 0.5) is 0 Å². The van der Waals surface area contributed by atoms with Crippen LogP contribution in [0.2, 0.25) is 0 Å². The summed E-state index contributed by atoms with van der Waals surface area (Å²) >= 11 is 1.68. The van der Waals surface area contributed by atoms with Crippen molar-refractivity contribution < 1.29 is 14.9 Å². The summed E-state index contributed by atoms with van der Waals surface area (Å²) in [6, 6.07) is 12.0. The molecule has 2 atom stereocenters. The molecule has 1 heterocycles. The highest BCUT2D eigenvalue weighted by Gasteiger charge is 2.21. The zero-order chi connectivity index (χ0) is 18.9. The topological polar surface area (TPSA) is 74.8 Å². The van der Waals surface area contributed by atoms with Crippen molar-refractivity contribution in [3.8, 4) is 0 Å². The first-order valence-corrected chi connectivity index (χ1v) is 9.89. The average molecular weight is 375 g/mol. The van der Waals surface area contributed by atoms with Crippen LogP contribution in [0.15, 0.2) is 41.8 Å². The fourth-order valence-electron chi connectivity index (χ4n) is 2.65. The number of nitrogens with two attached hydrogens (primary N) is 1. The van der Waals surface area contributed by atoms with Gasteiger partial charge in [-0.1, -0.05) is 42.8 Å². The van der Waals surface area contributed by atoms with Gasteiger partial charge in [-0.3, -0.25) is 9.59 Å². The van der Waals surface area contributed by atoms with Crippen LogP contribution >= 0.6 is 11.3 Å². The summed E-state index contributed by atoms with van der Waals surface area (Å²) in [5.41, 5.74) is 2.38. The SMILES string of the molecule is CCCNC(=O)[C@@H](C)NC(=O)C[NH2+][C@@H](c1ccc(C)cc1)c1cccs1. The second kappa shape index (κ2) is 10.1. The van der Waals surface area contributed by atoms with Crippen LogP contribution in [0.1, 0.15) is 42.3 Å². The number of amides is 2. The van der Waals surface area contributed by atoms with Crippen LogP contribution < -0.4 is 16.0 Å². The van der Waals surface area contributed by atoms with Gasteiger partial charge in [0.05, 0.1) is 4.88 Å².